The predicted octanol–water partition coefficient (Wildman–Crippen LogP) is 0.392. The Morgan fingerprint density at radius 1 is 1.33 bits per heavy atom. The molecule has 0 saturated carbocycles. The van der Waals surface area contributed by atoms with E-state index >= 15 is 0 Å². The maximum Gasteiger partial charge on any atom is 0.249 e. The highest BCUT2D eigenvalue weighted by Gasteiger charge is 2.39. The highest BCUT2D eigenvalue weighted by atomic mass is 16.5. The van der Waals surface area contributed by atoms with E-state index in [0.29, 0.717) is 12.4 Å². The fourth-order valence-electron chi connectivity index (χ4n) is 3.21. The summed E-state index contributed by atoms with van der Waals surface area (Å²) >= 11 is 0. The van der Waals surface area contributed by atoms with Crippen molar-refractivity contribution in [1.82, 2.24) is 25.1 Å². The van der Waals surface area contributed by atoms with Gasteiger partial charge in [0.15, 0.2) is 5.82 Å². The van der Waals surface area contributed by atoms with Gasteiger partial charge in [-0.1, -0.05) is 30.3 Å². The van der Waals surface area contributed by atoms with E-state index < -0.39 is 0 Å². The molecule has 2 atom stereocenters. The van der Waals surface area contributed by atoms with Crippen LogP contribution in [0.1, 0.15) is 30.3 Å². The summed E-state index contributed by atoms with van der Waals surface area (Å²) in [7, 11) is 1.48. The Labute approximate surface area is 140 Å². The minimum atomic E-state index is -0.247. The van der Waals surface area contributed by atoms with Gasteiger partial charge in [0.25, 0.3) is 0 Å². The Hall–Kier alpha value is -2.32. The van der Waals surface area contributed by atoms with Gasteiger partial charge in [-0.2, -0.15) is 0 Å². The molecule has 8 nitrogen and oxygen atoms in total. The zero-order chi connectivity index (χ0) is 16.9. The average Bonchev–Trinajstić information content (AvgIpc) is 3.22. The number of aliphatic hydroxyl groups excluding tert-OH is 1. The monoisotopic (exact) mass is 331 g/mol. The summed E-state index contributed by atoms with van der Waals surface area (Å²) in [5.41, 5.74) is 1.08. The van der Waals surface area contributed by atoms with Crippen LogP contribution in [-0.4, -0.2) is 62.5 Å². The average molecular weight is 331 g/mol. The van der Waals surface area contributed by atoms with Gasteiger partial charge in [-0.25, -0.2) is 4.68 Å². The molecule has 0 bridgehead atoms. The highest BCUT2D eigenvalue weighted by Crippen LogP contribution is 2.35. The number of nitrogens with zero attached hydrogens (tertiary/aromatic N) is 5. The van der Waals surface area contributed by atoms with Crippen LogP contribution in [0, 0.1) is 0 Å². The summed E-state index contributed by atoms with van der Waals surface area (Å²) < 4.78 is 6.68. The van der Waals surface area contributed by atoms with Crippen LogP contribution in [0.2, 0.25) is 0 Å². The zero-order valence-electron chi connectivity index (χ0n) is 13.6. The third kappa shape index (κ3) is 3.29. The van der Waals surface area contributed by atoms with Gasteiger partial charge in [0.1, 0.15) is 6.61 Å². The van der Waals surface area contributed by atoms with E-state index in [-0.39, 0.29) is 31.2 Å². The molecule has 1 aliphatic rings. The normalized spacial score (nSPS) is 20.5. The van der Waals surface area contributed by atoms with Crippen LogP contribution in [-0.2, 0) is 16.1 Å². The van der Waals surface area contributed by atoms with E-state index in [1.54, 1.807) is 9.58 Å². The number of aliphatic hydroxyl groups is 1. The number of rotatable bonds is 6. The van der Waals surface area contributed by atoms with E-state index in [4.69, 9.17) is 4.74 Å². The molecular formula is C16H21N5O3. The van der Waals surface area contributed by atoms with Crippen molar-refractivity contribution in [2.45, 2.75) is 31.5 Å². The standard InChI is InChI=1S/C16H21N5O3/c1-24-11-15(23)21-13(10-22)7-8-14(21)16-17-18-19-20(16)9-12-5-3-2-4-6-12/h2-6,13-14,22H,7-11H2,1H3/t13-,14+/m0/s1. The van der Waals surface area contributed by atoms with Gasteiger partial charge >= 0.3 is 0 Å². The number of likely N-dealkylation sites (tertiary alicyclic amines) is 1. The van der Waals surface area contributed by atoms with Crippen LogP contribution in [0.15, 0.2) is 30.3 Å². The lowest BCUT2D eigenvalue weighted by Crippen LogP contribution is -2.42. The molecule has 8 heteroatoms. The first-order valence-electron chi connectivity index (χ1n) is 7.95. The van der Waals surface area contributed by atoms with Crippen molar-refractivity contribution in [3.8, 4) is 0 Å². The number of hydrogen-bond donors (Lipinski definition) is 1. The van der Waals surface area contributed by atoms with Gasteiger partial charge in [-0.15, -0.1) is 5.10 Å². The molecule has 1 amide bonds. The molecule has 2 heterocycles. The van der Waals surface area contributed by atoms with Gasteiger partial charge in [0, 0.05) is 7.11 Å². The summed E-state index contributed by atoms with van der Waals surface area (Å²) in [6, 6.07) is 9.42. The molecule has 0 spiro atoms. The molecule has 0 aliphatic carbocycles. The molecule has 1 N–H and O–H groups in total. The lowest BCUT2D eigenvalue weighted by molar-refractivity contribution is -0.139. The van der Waals surface area contributed by atoms with E-state index in [9.17, 15) is 9.90 Å². The number of methoxy groups -OCH3 is 1. The number of carbonyl (C=O) groups is 1. The van der Waals surface area contributed by atoms with Crippen LogP contribution in [0.5, 0.6) is 0 Å². The van der Waals surface area contributed by atoms with Gasteiger partial charge in [-0.3, -0.25) is 4.79 Å². The fraction of sp³-hybridized carbons (Fsp3) is 0.500. The van der Waals surface area contributed by atoms with Crippen LogP contribution >= 0.6 is 0 Å². The Kier molecular flexibility index (Phi) is 5.17. The number of tetrazole rings is 1. The summed E-state index contributed by atoms with van der Waals surface area (Å²) in [5.74, 6) is 0.479. The molecule has 1 aliphatic heterocycles. The Morgan fingerprint density at radius 2 is 2.12 bits per heavy atom. The molecule has 1 aromatic heterocycles. The smallest absolute Gasteiger partial charge is 0.249 e. The number of aromatic nitrogens is 4. The number of hydrogen-bond acceptors (Lipinski definition) is 6. The minimum absolute atomic E-state index is 0.0206. The van der Waals surface area contributed by atoms with Crippen LogP contribution < -0.4 is 0 Å². The molecule has 24 heavy (non-hydrogen) atoms. The molecular weight excluding hydrogens is 310 g/mol. The van der Waals surface area contributed by atoms with E-state index in [1.807, 2.05) is 30.3 Å². The summed E-state index contributed by atoms with van der Waals surface area (Å²) in [4.78, 5) is 14.1. The first kappa shape index (κ1) is 16.5. The third-order valence-corrected chi connectivity index (χ3v) is 4.30. The molecule has 0 radical (unpaired) electrons. The maximum atomic E-state index is 12.4. The van der Waals surface area contributed by atoms with Crippen molar-refractivity contribution in [2.75, 3.05) is 20.3 Å². The van der Waals surface area contributed by atoms with Crippen molar-refractivity contribution in [3.63, 3.8) is 0 Å². The predicted molar refractivity (Wildman–Crippen MR) is 84.9 cm³/mol. The molecule has 1 fully saturated rings. The second-order valence-corrected chi connectivity index (χ2v) is 5.84. The van der Waals surface area contributed by atoms with E-state index in [2.05, 4.69) is 15.5 Å². The first-order chi connectivity index (χ1) is 11.7. The van der Waals surface area contributed by atoms with Gasteiger partial charge in [0.05, 0.1) is 25.2 Å². The van der Waals surface area contributed by atoms with Crippen molar-refractivity contribution in [3.05, 3.63) is 41.7 Å². The number of benzene rings is 1. The zero-order valence-corrected chi connectivity index (χ0v) is 13.6. The van der Waals surface area contributed by atoms with Gasteiger partial charge < -0.3 is 14.7 Å². The Morgan fingerprint density at radius 3 is 2.83 bits per heavy atom. The Bertz CT molecular complexity index is 675. The largest absolute Gasteiger partial charge is 0.394 e. The van der Waals surface area contributed by atoms with Gasteiger partial charge in [0.2, 0.25) is 5.91 Å². The summed E-state index contributed by atoms with van der Waals surface area (Å²) in [6.45, 7) is 0.440. The van der Waals surface area contributed by atoms with Crippen LogP contribution in [0.4, 0.5) is 0 Å². The molecule has 2 aromatic rings. The highest BCUT2D eigenvalue weighted by molar-refractivity contribution is 5.78. The third-order valence-electron chi connectivity index (χ3n) is 4.30. The Balaban J connectivity index is 1.85. The topological polar surface area (TPSA) is 93.4 Å². The lowest BCUT2D eigenvalue weighted by Gasteiger charge is -2.28. The molecule has 0 unspecified atom stereocenters. The van der Waals surface area contributed by atoms with Gasteiger partial charge in [-0.05, 0) is 28.8 Å². The molecule has 128 valence electrons. The van der Waals surface area contributed by atoms with Crippen LogP contribution in [0.3, 0.4) is 0 Å². The number of ether oxygens (including phenoxy) is 1. The molecule has 3 rings (SSSR count). The summed E-state index contributed by atoms with van der Waals surface area (Å²) in [6.07, 6.45) is 1.44. The second-order valence-electron chi connectivity index (χ2n) is 5.84. The van der Waals surface area contributed by atoms with Crippen molar-refractivity contribution in [1.29, 1.82) is 0 Å². The van der Waals surface area contributed by atoms with Crippen molar-refractivity contribution < 1.29 is 14.6 Å². The number of amides is 1. The second kappa shape index (κ2) is 7.50. The van der Waals surface area contributed by atoms with E-state index in [1.165, 1.54) is 7.11 Å². The fourth-order valence-corrected chi connectivity index (χ4v) is 3.21. The first-order valence-corrected chi connectivity index (χ1v) is 7.95. The lowest BCUT2D eigenvalue weighted by atomic mass is 10.2. The van der Waals surface area contributed by atoms with Crippen LogP contribution in [0.25, 0.3) is 0 Å². The summed E-state index contributed by atoms with van der Waals surface area (Å²) in [5, 5.41) is 21.6. The van der Waals surface area contributed by atoms with E-state index in [0.717, 1.165) is 18.4 Å². The quantitative estimate of drug-likeness (QED) is 0.823. The van der Waals surface area contributed by atoms with Crippen molar-refractivity contribution >= 4 is 5.91 Å². The number of carbonyl (C=O) groups excluding carboxylic acids is 1. The van der Waals surface area contributed by atoms with Crippen molar-refractivity contribution in [2.24, 2.45) is 0 Å². The SMILES string of the molecule is COCC(=O)N1[C@H](CO)CC[C@@H]1c1nnnn1Cc1ccccc1. The maximum absolute atomic E-state index is 12.4. The molecule has 1 aromatic carbocycles. The molecule has 1 saturated heterocycles. The minimum Gasteiger partial charge on any atom is -0.394 e.